The molecule has 0 atom stereocenters. The summed E-state index contributed by atoms with van der Waals surface area (Å²) in [6.45, 7) is 3.60. The molecule has 1 aliphatic carbocycles. The summed E-state index contributed by atoms with van der Waals surface area (Å²) >= 11 is 0. The fourth-order valence-corrected chi connectivity index (χ4v) is 2.73. The largest absolute Gasteiger partial charge is 0.490 e. The highest BCUT2D eigenvalue weighted by atomic mass is 16.5. The number of rotatable bonds is 8. The topological polar surface area (TPSA) is 88.4 Å². The van der Waals surface area contributed by atoms with Crippen LogP contribution in [0.1, 0.15) is 31.2 Å². The van der Waals surface area contributed by atoms with Crippen LogP contribution in [0.4, 0.5) is 0 Å². The number of hydrogen-bond donors (Lipinski definition) is 1. The van der Waals surface area contributed by atoms with Crippen LogP contribution in [-0.2, 0) is 14.3 Å². The lowest BCUT2D eigenvalue weighted by atomic mass is 10.00. The van der Waals surface area contributed by atoms with Gasteiger partial charge in [0.25, 0.3) is 5.91 Å². The van der Waals surface area contributed by atoms with E-state index in [1.807, 2.05) is 0 Å². The van der Waals surface area contributed by atoms with Gasteiger partial charge in [0, 0.05) is 6.08 Å². The molecule has 1 aromatic rings. The number of esters is 1. The van der Waals surface area contributed by atoms with Gasteiger partial charge in [0.05, 0.1) is 6.07 Å². The molecule has 26 heavy (non-hydrogen) atoms. The van der Waals surface area contributed by atoms with Gasteiger partial charge < -0.3 is 14.8 Å². The summed E-state index contributed by atoms with van der Waals surface area (Å²) in [4.78, 5) is 23.6. The Balaban J connectivity index is 1.77. The van der Waals surface area contributed by atoms with Crippen molar-refractivity contribution in [3.05, 3.63) is 48.6 Å². The van der Waals surface area contributed by atoms with Crippen LogP contribution in [-0.4, -0.2) is 30.6 Å². The normalized spacial score (nSPS) is 15.2. The van der Waals surface area contributed by atoms with Gasteiger partial charge in [-0.25, -0.2) is 4.79 Å². The summed E-state index contributed by atoms with van der Waals surface area (Å²) in [6, 6.07) is 9.32. The molecular weight excluding hydrogens is 332 g/mol. The second-order valence-electron chi connectivity index (χ2n) is 6.06. The van der Waals surface area contributed by atoms with Crippen LogP contribution in [0.5, 0.6) is 5.75 Å². The van der Waals surface area contributed by atoms with Crippen LogP contribution < -0.4 is 10.1 Å². The Hall–Kier alpha value is -3.07. The monoisotopic (exact) mass is 354 g/mol. The standard InChI is InChI=1S/C20H22N2O4/c1-2-13-25-17-8-5-16(6-9-17)7-10-19(24)26-14-18(23)22-20(15-21)11-3-4-12-20/h2,5-10H,1,3-4,11-14H2,(H,22,23)/b10-7+. The average Bonchev–Trinajstić information content (AvgIpc) is 3.12. The van der Waals surface area contributed by atoms with Gasteiger partial charge in [-0.2, -0.15) is 5.26 Å². The molecule has 0 aromatic heterocycles. The molecule has 1 amide bonds. The Bertz CT molecular complexity index is 710. The minimum atomic E-state index is -0.811. The lowest BCUT2D eigenvalue weighted by Crippen LogP contribution is -2.46. The van der Waals surface area contributed by atoms with Crippen molar-refractivity contribution in [2.75, 3.05) is 13.2 Å². The minimum Gasteiger partial charge on any atom is -0.490 e. The lowest BCUT2D eigenvalue weighted by molar-refractivity contribution is -0.144. The molecule has 1 saturated carbocycles. The summed E-state index contributed by atoms with van der Waals surface area (Å²) in [5.74, 6) is -0.372. The number of carbonyl (C=O) groups excluding carboxylic acids is 2. The van der Waals surface area contributed by atoms with Crippen LogP contribution in [0, 0.1) is 11.3 Å². The van der Waals surface area contributed by atoms with E-state index in [4.69, 9.17) is 9.47 Å². The van der Waals surface area contributed by atoms with Crippen molar-refractivity contribution in [1.29, 1.82) is 5.26 Å². The van der Waals surface area contributed by atoms with Crippen molar-refractivity contribution in [3.8, 4) is 11.8 Å². The molecule has 1 fully saturated rings. The number of hydrogen-bond acceptors (Lipinski definition) is 5. The molecule has 1 N–H and O–H groups in total. The minimum absolute atomic E-state index is 0.402. The molecule has 0 heterocycles. The quantitative estimate of drug-likeness (QED) is 0.440. The SMILES string of the molecule is C=CCOc1ccc(/C=C/C(=O)OCC(=O)NC2(C#N)CCCC2)cc1. The fourth-order valence-electron chi connectivity index (χ4n) is 2.73. The molecule has 6 nitrogen and oxygen atoms in total. The first kappa shape index (κ1) is 19.3. The van der Waals surface area contributed by atoms with Gasteiger partial charge in [0.1, 0.15) is 17.9 Å². The summed E-state index contributed by atoms with van der Waals surface area (Å²) in [6.07, 6.45) is 7.59. The van der Waals surface area contributed by atoms with E-state index in [2.05, 4.69) is 18.0 Å². The molecule has 0 spiro atoms. The van der Waals surface area contributed by atoms with Crippen molar-refractivity contribution in [2.24, 2.45) is 0 Å². The lowest BCUT2D eigenvalue weighted by Gasteiger charge is -2.21. The molecule has 1 aromatic carbocycles. The number of benzene rings is 1. The molecule has 0 aliphatic heterocycles. The van der Waals surface area contributed by atoms with Crippen molar-refractivity contribution in [2.45, 2.75) is 31.2 Å². The van der Waals surface area contributed by atoms with E-state index in [1.165, 1.54) is 6.08 Å². The van der Waals surface area contributed by atoms with E-state index in [9.17, 15) is 14.9 Å². The fraction of sp³-hybridized carbons (Fsp3) is 0.350. The Morgan fingerprint density at radius 1 is 1.27 bits per heavy atom. The van der Waals surface area contributed by atoms with E-state index < -0.39 is 24.0 Å². The van der Waals surface area contributed by atoms with Crippen molar-refractivity contribution in [1.82, 2.24) is 5.32 Å². The number of carbonyl (C=O) groups is 2. The highest BCUT2D eigenvalue weighted by molar-refractivity contribution is 5.89. The highest BCUT2D eigenvalue weighted by Gasteiger charge is 2.35. The van der Waals surface area contributed by atoms with E-state index >= 15 is 0 Å². The maximum Gasteiger partial charge on any atom is 0.331 e. The summed E-state index contributed by atoms with van der Waals surface area (Å²) in [7, 11) is 0. The molecule has 1 aliphatic rings. The first-order chi connectivity index (χ1) is 12.6. The Morgan fingerprint density at radius 3 is 2.58 bits per heavy atom. The van der Waals surface area contributed by atoms with Crippen molar-refractivity contribution < 1.29 is 19.1 Å². The summed E-state index contributed by atoms with van der Waals surface area (Å²) < 4.78 is 10.3. The van der Waals surface area contributed by atoms with Crippen LogP contribution in [0.3, 0.4) is 0 Å². The zero-order valence-electron chi connectivity index (χ0n) is 14.6. The molecular formula is C20H22N2O4. The zero-order chi connectivity index (χ0) is 18.8. The molecule has 2 rings (SSSR count). The van der Waals surface area contributed by atoms with Gasteiger partial charge in [-0.05, 0) is 49.5 Å². The van der Waals surface area contributed by atoms with Crippen LogP contribution >= 0.6 is 0 Å². The maximum absolute atomic E-state index is 11.9. The predicted molar refractivity (Wildman–Crippen MR) is 97.1 cm³/mol. The van der Waals surface area contributed by atoms with Crippen molar-refractivity contribution in [3.63, 3.8) is 0 Å². The molecule has 6 heteroatoms. The Labute approximate surface area is 153 Å². The average molecular weight is 354 g/mol. The number of amides is 1. The smallest absolute Gasteiger partial charge is 0.331 e. The second-order valence-corrected chi connectivity index (χ2v) is 6.06. The molecule has 0 unspecified atom stereocenters. The predicted octanol–water partition coefficient (Wildman–Crippen LogP) is 2.76. The maximum atomic E-state index is 11.9. The molecule has 0 bridgehead atoms. The van der Waals surface area contributed by atoms with Gasteiger partial charge in [-0.3, -0.25) is 4.79 Å². The summed E-state index contributed by atoms with van der Waals surface area (Å²) in [5.41, 5.74) is -0.0129. The second kappa shape index (κ2) is 9.42. The number of nitrogens with zero attached hydrogens (tertiary/aromatic N) is 1. The van der Waals surface area contributed by atoms with Gasteiger partial charge in [0.2, 0.25) is 0 Å². The Kier molecular flexibility index (Phi) is 6.98. The first-order valence-corrected chi connectivity index (χ1v) is 8.48. The number of nitriles is 1. The highest BCUT2D eigenvalue weighted by Crippen LogP contribution is 2.28. The molecule has 136 valence electrons. The number of nitrogens with one attached hydrogen (secondary N) is 1. The van der Waals surface area contributed by atoms with Gasteiger partial charge in [-0.15, -0.1) is 0 Å². The first-order valence-electron chi connectivity index (χ1n) is 8.48. The molecule has 0 radical (unpaired) electrons. The Morgan fingerprint density at radius 2 is 1.96 bits per heavy atom. The van der Waals surface area contributed by atoms with Crippen LogP contribution in [0.15, 0.2) is 43.0 Å². The van der Waals surface area contributed by atoms with Gasteiger partial charge in [-0.1, -0.05) is 24.8 Å². The molecule has 0 saturated heterocycles. The van der Waals surface area contributed by atoms with E-state index in [1.54, 1.807) is 36.4 Å². The van der Waals surface area contributed by atoms with E-state index in [-0.39, 0.29) is 0 Å². The van der Waals surface area contributed by atoms with E-state index in [0.717, 1.165) is 18.4 Å². The third kappa shape index (κ3) is 5.78. The zero-order valence-corrected chi connectivity index (χ0v) is 14.6. The third-order valence-electron chi connectivity index (χ3n) is 4.06. The van der Waals surface area contributed by atoms with Crippen LogP contribution in [0.2, 0.25) is 0 Å². The van der Waals surface area contributed by atoms with Crippen LogP contribution in [0.25, 0.3) is 6.08 Å². The van der Waals surface area contributed by atoms with Crippen molar-refractivity contribution >= 4 is 18.0 Å². The van der Waals surface area contributed by atoms with Gasteiger partial charge >= 0.3 is 5.97 Å². The van der Waals surface area contributed by atoms with E-state index in [0.29, 0.717) is 25.2 Å². The third-order valence-corrected chi connectivity index (χ3v) is 4.06. The number of ether oxygens (including phenoxy) is 2. The summed E-state index contributed by atoms with van der Waals surface area (Å²) in [5, 5.41) is 11.9. The van der Waals surface area contributed by atoms with Gasteiger partial charge in [0.15, 0.2) is 6.61 Å².